The maximum Gasteiger partial charge on any atom is 0.231 e. The van der Waals surface area contributed by atoms with E-state index in [9.17, 15) is 4.79 Å². The molecule has 0 saturated carbocycles. The van der Waals surface area contributed by atoms with Gasteiger partial charge in [-0.25, -0.2) is 4.98 Å². The number of pyridine rings is 1. The number of aryl methyl sites for hydroxylation is 1. The van der Waals surface area contributed by atoms with Gasteiger partial charge in [-0.15, -0.1) is 0 Å². The minimum atomic E-state index is -0.0411. The molecule has 0 fully saturated rings. The molecule has 0 atom stereocenters. The van der Waals surface area contributed by atoms with Crippen molar-refractivity contribution in [2.24, 2.45) is 0 Å². The number of nitrogens with one attached hydrogen (secondary N) is 1. The molecule has 1 aliphatic heterocycles. The van der Waals surface area contributed by atoms with Crippen LogP contribution in [0.4, 0.5) is 0 Å². The summed E-state index contributed by atoms with van der Waals surface area (Å²) >= 11 is 1.44. The van der Waals surface area contributed by atoms with Gasteiger partial charge in [0.15, 0.2) is 11.5 Å². The second-order valence-electron chi connectivity index (χ2n) is 6.65. The summed E-state index contributed by atoms with van der Waals surface area (Å²) in [5.41, 5.74) is 2.90. The lowest BCUT2D eigenvalue weighted by molar-refractivity contribution is -0.118. The molecular formula is C22H22N2O4S. The molecule has 0 spiro atoms. The van der Waals surface area contributed by atoms with Crippen molar-refractivity contribution < 1.29 is 19.0 Å². The van der Waals surface area contributed by atoms with E-state index < -0.39 is 0 Å². The smallest absolute Gasteiger partial charge is 0.231 e. The van der Waals surface area contributed by atoms with E-state index in [4.69, 9.17) is 19.2 Å². The van der Waals surface area contributed by atoms with Crippen molar-refractivity contribution in [2.45, 2.75) is 25.4 Å². The predicted octanol–water partition coefficient (Wildman–Crippen LogP) is 4.08. The van der Waals surface area contributed by atoms with Gasteiger partial charge in [-0.3, -0.25) is 4.79 Å². The summed E-state index contributed by atoms with van der Waals surface area (Å²) < 4.78 is 16.2. The quantitative estimate of drug-likeness (QED) is 0.592. The molecule has 0 aliphatic carbocycles. The molecule has 29 heavy (non-hydrogen) atoms. The van der Waals surface area contributed by atoms with Crippen LogP contribution in [0.5, 0.6) is 17.2 Å². The maximum atomic E-state index is 12.3. The summed E-state index contributed by atoms with van der Waals surface area (Å²) in [6.45, 7) is 5.29. The number of ether oxygens (including phenoxy) is 3. The highest BCUT2D eigenvalue weighted by Gasteiger charge is 2.14. The molecule has 0 bridgehead atoms. The number of aromatic nitrogens is 1. The van der Waals surface area contributed by atoms with Crippen LogP contribution in [0.2, 0.25) is 0 Å². The van der Waals surface area contributed by atoms with Crippen molar-refractivity contribution in [2.75, 3.05) is 19.2 Å². The average molecular weight is 410 g/mol. The Morgan fingerprint density at radius 3 is 2.90 bits per heavy atom. The van der Waals surface area contributed by atoms with Crippen LogP contribution >= 0.6 is 11.8 Å². The normalized spacial score (nSPS) is 12.2. The molecule has 2 heterocycles. The van der Waals surface area contributed by atoms with Crippen LogP contribution in [-0.4, -0.2) is 30.0 Å². The van der Waals surface area contributed by atoms with E-state index in [1.54, 1.807) is 0 Å². The van der Waals surface area contributed by atoms with Gasteiger partial charge in [-0.2, -0.15) is 0 Å². The lowest BCUT2D eigenvalue weighted by Gasteiger charge is -2.09. The highest BCUT2D eigenvalue weighted by molar-refractivity contribution is 7.99. The third-order valence-electron chi connectivity index (χ3n) is 4.51. The standard InChI is InChI=1S/C22H22N2O4S/c1-3-26-17-5-6-18-16(10-17)8-14(2)22(24-18)29-12-21(25)23-11-15-4-7-19-20(9-15)28-13-27-19/h4-10H,3,11-13H2,1-2H3,(H,23,25). The van der Waals surface area contributed by atoms with Gasteiger partial charge in [0.25, 0.3) is 0 Å². The Hall–Kier alpha value is -2.93. The van der Waals surface area contributed by atoms with Gasteiger partial charge in [-0.05, 0) is 61.4 Å². The molecule has 1 N–H and O–H groups in total. The van der Waals surface area contributed by atoms with Crippen LogP contribution in [0.3, 0.4) is 0 Å². The van der Waals surface area contributed by atoms with Crippen LogP contribution in [0.15, 0.2) is 47.5 Å². The van der Waals surface area contributed by atoms with Crippen LogP contribution < -0.4 is 19.5 Å². The Morgan fingerprint density at radius 2 is 2.03 bits per heavy atom. The Balaban J connectivity index is 1.35. The second kappa shape index (κ2) is 8.61. The third-order valence-corrected chi connectivity index (χ3v) is 5.60. The minimum Gasteiger partial charge on any atom is -0.494 e. The van der Waals surface area contributed by atoms with Crippen molar-refractivity contribution in [3.63, 3.8) is 0 Å². The molecule has 0 saturated heterocycles. The average Bonchev–Trinajstić information content (AvgIpc) is 3.19. The molecular weight excluding hydrogens is 388 g/mol. The van der Waals surface area contributed by atoms with Gasteiger partial charge < -0.3 is 19.5 Å². The fourth-order valence-corrected chi connectivity index (χ4v) is 3.90. The van der Waals surface area contributed by atoms with E-state index in [2.05, 4.69) is 11.4 Å². The fourth-order valence-electron chi connectivity index (χ4n) is 3.08. The summed E-state index contributed by atoms with van der Waals surface area (Å²) in [4.78, 5) is 17.0. The summed E-state index contributed by atoms with van der Waals surface area (Å²) in [7, 11) is 0. The number of benzene rings is 2. The van der Waals surface area contributed by atoms with E-state index in [0.29, 0.717) is 18.9 Å². The number of thioether (sulfide) groups is 1. The summed E-state index contributed by atoms with van der Waals surface area (Å²) in [6, 6.07) is 13.6. The number of rotatable bonds is 7. The number of fused-ring (bicyclic) bond motifs is 2. The molecule has 3 aromatic rings. The molecule has 1 aromatic heterocycles. The van der Waals surface area contributed by atoms with E-state index in [1.807, 2.05) is 50.2 Å². The highest BCUT2D eigenvalue weighted by Crippen LogP contribution is 2.32. The zero-order chi connectivity index (χ0) is 20.2. The minimum absolute atomic E-state index is 0.0411. The summed E-state index contributed by atoms with van der Waals surface area (Å²) in [5.74, 6) is 2.56. The molecule has 6 nitrogen and oxygen atoms in total. The number of amides is 1. The van der Waals surface area contributed by atoms with E-state index in [1.165, 1.54) is 11.8 Å². The van der Waals surface area contributed by atoms with Crippen molar-refractivity contribution >= 4 is 28.6 Å². The molecule has 4 rings (SSSR count). The van der Waals surface area contributed by atoms with E-state index in [-0.39, 0.29) is 12.7 Å². The topological polar surface area (TPSA) is 69.7 Å². The first-order valence-corrected chi connectivity index (χ1v) is 10.4. The Bertz CT molecular complexity index is 1050. The van der Waals surface area contributed by atoms with Crippen molar-refractivity contribution in [1.82, 2.24) is 10.3 Å². The Labute approximate surface area is 173 Å². The molecule has 2 aromatic carbocycles. The maximum absolute atomic E-state index is 12.3. The fraction of sp³-hybridized carbons (Fsp3) is 0.273. The van der Waals surface area contributed by atoms with Crippen molar-refractivity contribution in [1.29, 1.82) is 0 Å². The summed E-state index contributed by atoms with van der Waals surface area (Å²) in [5, 5.41) is 4.83. The first-order chi connectivity index (χ1) is 14.1. The highest BCUT2D eigenvalue weighted by atomic mass is 32.2. The van der Waals surface area contributed by atoms with Crippen LogP contribution in [0.25, 0.3) is 10.9 Å². The zero-order valence-corrected chi connectivity index (χ0v) is 17.2. The van der Waals surface area contributed by atoms with Crippen LogP contribution in [0, 0.1) is 6.92 Å². The van der Waals surface area contributed by atoms with Gasteiger partial charge >= 0.3 is 0 Å². The molecule has 1 amide bonds. The Kier molecular flexibility index (Phi) is 5.76. The zero-order valence-electron chi connectivity index (χ0n) is 16.4. The molecule has 1 aliphatic rings. The molecule has 0 unspecified atom stereocenters. The number of hydrogen-bond acceptors (Lipinski definition) is 6. The van der Waals surface area contributed by atoms with E-state index in [0.717, 1.165) is 44.3 Å². The first kappa shape index (κ1) is 19.4. The lowest BCUT2D eigenvalue weighted by atomic mass is 10.1. The predicted molar refractivity (Wildman–Crippen MR) is 113 cm³/mol. The number of nitrogens with zero attached hydrogens (tertiary/aromatic N) is 1. The molecule has 7 heteroatoms. The lowest BCUT2D eigenvalue weighted by Crippen LogP contribution is -2.24. The van der Waals surface area contributed by atoms with Gasteiger partial charge in [0, 0.05) is 11.9 Å². The molecule has 0 radical (unpaired) electrons. The third kappa shape index (κ3) is 4.56. The van der Waals surface area contributed by atoms with Crippen LogP contribution in [-0.2, 0) is 11.3 Å². The van der Waals surface area contributed by atoms with Gasteiger partial charge in [0.2, 0.25) is 12.7 Å². The monoisotopic (exact) mass is 410 g/mol. The SMILES string of the molecule is CCOc1ccc2nc(SCC(=O)NCc3ccc4c(c3)OCO4)c(C)cc2c1. The van der Waals surface area contributed by atoms with Crippen molar-refractivity contribution in [3.8, 4) is 17.2 Å². The molecule has 150 valence electrons. The van der Waals surface area contributed by atoms with Crippen molar-refractivity contribution in [3.05, 3.63) is 53.6 Å². The van der Waals surface area contributed by atoms with Crippen LogP contribution in [0.1, 0.15) is 18.1 Å². The number of carbonyl (C=O) groups excluding carboxylic acids is 1. The Morgan fingerprint density at radius 1 is 1.17 bits per heavy atom. The number of carbonyl (C=O) groups is 1. The second-order valence-corrected chi connectivity index (χ2v) is 7.62. The summed E-state index contributed by atoms with van der Waals surface area (Å²) in [6.07, 6.45) is 0. The first-order valence-electron chi connectivity index (χ1n) is 9.44. The number of hydrogen-bond donors (Lipinski definition) is 1. The van der Waals surface area contributed by atoms with E-state index >= 15 is 0 Å². The van der Waals surface area contributed by atoms with Gasteiger partial charge in [0.05, 0.1) is 17.9 Å². The van der Waals surface area contributed by atoms with Gasteiger partial charge in [-0.1, -0.05) is 17.8 Å². The van der Waals surface area contributed by atoms with Gasteiger partial charge in [0.1, 0.15) is 10.8 Å². The largest absolute Gasteiger partial charge is 0.494 e.